The Bertz CT molecular complexity index is 718. The van der Waals surface area contributed by atoms with Gasteiger partial charge in [-0.05, 0) is 49.3 Å². The third kappa shape index (κ3) is 3.80. The van der Waals surface area contributed by atoms with Crippen molar-refractivity contribution in [2.75, 3.05) is 13.7 Å². The number of hydrogen-bond donors (Lipinski definition) is 2. The van der Waals surface area contributed by atoms with Gasteiger partial charge in [-0.2, -0.15) is 0 Å². The lowest BCUT2D eigenvalue weighted by Gasteiger charge is -2.17. The molecular formula is C17H18N2O4S. The van der Waals surface area contributed by atoms with Gasteiger partial charge in [0.15, 0.2) is 16.6 Å². The molecule has 6 nitrogen and oxygen atoms in total. The number of nitrogens with one attached hydrogen (secondary N) is 2. The summed E-state index contributed by atoms with van der Waals surface area (Å²) in [5.41, 5.74) is 1.46. The predicted molar refractivity (Wildman–Crippen MR) is 94.9 cm³/mol. The Labute approximate surface area is 145 Å². The van der Waals surface area contributed by atoms with Gasteiger partial charge in [0.2, 0.25) is 0 Å². The van der Waals surface area contributed by atoms with E-state index in [1.54, 1.807) is 19.3 Å². The van der Waals surface area contributed by atoms with Crippen LogP contribution < -0.4 is 20.1 Å². The summed E-state index contributed by atoms with van der Waals surface area (Å²) >= 11 is 4.78. The SMILES string of the molecule is C=CCc1cc(C=C2C(=O)NC(=S)NC2=O)cc(OCC)c1OC. The van der Waals surface area contributed by atoms with Crippen LogP contribution in [0, 0.1) is 0 Å². The predicted octanol–water partition coefficient (Wildman–Crippen LogP) is 1.74. The first-order valence-corrected chi connectivity index (χ1v) is 7.74. The number of ether oxygens (including phenoxy) is 2. The third-order valence-electron chi connectivity index (χ3n) is 3.28. The summed E-state index contributed by atoms with van der Waals surface area (Å²) < 4.78 is 11.0. The highest BCUT2D eigenvalue weighted by Crippen LogP contribution is 2.34. The number of benzene rings is 1. The molecule has 2 amide bonds. The van der Waals surface area contributed by atoms with E-state index in [0.29, 0.717) is 30.1 Å². The quantitative estimate of drug-likeness (QED) is 0.355. The summed E-state index contributed by atoms with van der Waals surface area (Å²) in [6, 6.07) is 3.54. The molecule has 0 unspecified atom stereocenters. The highest BCUT2D eigenvalue weighted by atomic mass is 32.1. The topological polar surface area (TPSA) is 76.7 Å². The maximum Gasteiger partial charge on any atom is 0.263 e. The fourth-order valence-electron chi connectivity index (χ4n) is 2.34. The number of allylic oxidation sites excluding steroid dienone is 1. The molecule has 0 spiro atoms. The molecule has 2 N–H and O–H groups in total. The van der Waals surface area contributed by atoms with E-state index >= 15 is 0 Å². The van der Waals surface area contributed by atoms with E-state index in [9.17, 15) is 9.59 Å². The number of amides is 2. The van der Waals surface area contributed by atoms with Crippen molar-refractivity contribution in [1.82, 2.24) is 10.6 Å². The van der Waals surface area contributed by atoms with Gasteiger partial charge >= 0.3 is 0 Å². The molecule has 7 heteroatoms. The summed E-state index contributed by atoms with van der Waals surface area (Å²) in [7, 11) is 1.56. The number of hydrogen-bond acceptors (Lipinski definition) is 5. The molecule has 1 fully saturated rings. The Morgan fingerprint density at radius 1 is 1.25 bits per heavy atom. The standard InChI is InChI=1S/C17H18N2O4S/c1-4-6-11-7-10(9-13(23-5-2)14(11)22-3)8-12-15(20)18-17(24)19-16(12)21/h4,7-9H,1,5-6H2,2-3H3,(H2,18,19,20,21,24). The van der Waals surface area contributed by atoms with Gasteiger partial charge in [0, 0.05) is 5.56 Å². The van der Waals surface area contributed by atoms with Gasteiger partial charge in [-0.25, -0.2) is 0 Å². The average molecular weight is 346 g/mol. The van der Waals surface area contributed by atoms with E-state index in [4.69, 9.17) is 21.7 Å². The maximum absolute atomic E-state index is 12.0. The summed E-state index contributed by atoms with van der Waals surface area (Å²) in [6.07, 6.45) is 3.78. The number of methoxy groups -OCH3 is 1. The van der Waals surface area contributed by atoms with Crippen LogP contribution in [0.1, 0.15) is 18.1 Å². The number of carbonyl (C=O) groups excluding carboxylic acids is 2. The average Bonchev–Trinajstić information content (AvgIpc) is 2.51. The van der Waals surface area contributed by atoms with Crippen LogP contribution in [-0.4, -0.2) is 30.6 Å². The van der Waals surface area contributed by atoms with Crippen LogP contribution in [0.25, 0.3) is 6.08 Å². The van der Waals surface area contributed by atoms with Crippen molar-refractivity contribution in [3.8, 4) is 11.5 Å². The Balaban J connectivity index is 2.51. The Hall–Kier alpha value is -2.67. The lowest BCUT2D eigenvalue weighted by molar-refractivity contribution is -0.123. The van der Waals surface area contributed by atoms with Crippen LogP contribution in [-0.2, 0) is 16.0 Å². The first-order chi connectivity index (χ1) is 11.5. The molecule has 0 aromatic heterocycles. The first kappa shape index (κ1) is 17.7. The van der Waals surface area contributed by atoms with Gasteiger partial charge in [0.05, 0.1) is 13.7 Å². The zero-order valence-corrected chi connectivity index (χ0v) is 14.3. The van der Waals surface area contributed by atoms with Crippen LogP contribution in [0.5, 0.6) is 11.5 Å². The molecule has 1 aromatic rings. The second-order valence-electron chi connectivity index (χ2n) is 4.93. The van der Waals surface area contributed by atoms with Crippen molar-refractivity contribution >= 4 is 35.2 Å². The van der Waals surface area contributed by atoms with Crippen molar-refractivity contribution in [3.05, 3.63) is 41.5 Å². The van der Waals surface area contributed by atoms with Gasteiger partial charge in [0.1, 0.15) is 5.57 Å². The van der Waals surface area contributed by atoms with Crippen LogP contribution in [0.15, 0.2) is 30.4 Å². The normalized spacial score (nSPS) is 13.9. The van der Waals surface area contributed by atoms with Crippen molar-refractivity contribution in [3.63, 3.8) is 0 Å². The Morgan fingerprint density at radius 3 is 2.46 bits per heavy atom. The molecule has 1 aliphatic rings. The van der Waals surface area contributed by atoms with E-state index in [-0.39, 0.29) is 10.7 Å². The monoisotopic (exact) mass is 346 g/mol. The van der Waals surface area contributed by atoms with Crippen LogP contribution in [0.2, 0.25) is 0 Å². The minimum Gasteiger partial charge on any atom is -0.493 e. The van der Waals surface area contributed by atoms with Crippen LogP contribution in [0.4, 0.5) is 0 Å². The molecule has 126 valence electrons. The van der Waals surface area contributed by atoms with Crippen molar-refractivity contribution in [1.29, 1.82) is 0 Å². The molecule has 0 aliphatic carbocycles. The van der Waals surface area contributed by atoms with Crippen molar-refractivity contribution in [2.24, 2.45) is 0 Å². The molecule has 0 bridgehead atoms. The molecule has 0 radical (unpaired) electrons. The lowest BCUT2D eigenvalue weighted by Crippen LogP contribution is -2.51. The zero-order valence-electron chi connectivity index (χ0n) is 13.5. The summed E-state index contributed by atoms with van der Waals surface area (Å²) in [5.74, 6) is 0.0709. The molecule has 24 heavy (non-hydrogen) atoms. The van der Waals surface area contributed by atoms with E-state index in [0.717, 1.165) is 5.56 Å². The van der Waals surface area contributed by atoms with Gasteiger partial charge < -0.3 is 9.47 Å². The van der Waals surface area contributed by atoms with Gasteiger partial charge in [-0.1, -0.05) is 6.08 Å². The van der Waals surface area contributed by atoms with Gasteiger partial charge in [-0.3, -0.25) is 20.2 Å². The fourth-order valence-corrected chi connectivity index (χ4v) is 2.53. The molecule has 1 saturated heterocycles. The molecule has 1 aromatic carbocycles. The number of thiocarbonyl (C=S) groups is 1. The minimum atomic E-state index is -0.539. The summed E-state index contributed by atoms with van der Waals surface area (Å²) in [5, 5.41) is 4.80. The Morgan fingerprint density at radius 2 is 1.92 bits per heavy atom. The smallest absolute Gasteiger partial charge is 0.263 e. The third-order valence-corrected chi connectivity index (χ3v) is 3.48. The van der Waals surface area contributed by atoms with Crippen molar-refractivity contribution < 1.29 is 19.1 Å². The molecule has 2 rings (SSSR count). The van der Waals surface area contributed by atoms with Crippen LogP contribution >= 0.6 is 12.2 Å². The first-order valence-electron chi connectivity index (χ1n) is 7.33. The van der Waals surface area contributed by atoms with Gasteiger partial charge in [-0.15, -0.1) is 6.58 Å². The van der Waals surface area contributed by atoms with E-state index in [2.05, 4.69) is 17.2 Å². The van der Waals surface area contributed by atoms with E-state index in [1.165, 1.54) is 6.08 Å². The van der Waals surface area contributed by atoms with Crippen LogP contribution in [0.3, 0.4) is 0 Å². The number of carbonyl (C=O) groups is 2. The summed E-state index contributed by atoms with van der Waals surface area (Å²) in [4.78, 5) is 23.9. The van der Waals surface area contributed by atoms with E-state index < -0.39 is 11.8 Å². The fraction of sp³-hybridized carbons (Fsp3) is 0.235. The van der Waals surface area contributed by atoms with Gasteiger partial charge in [0.25, 0.3) is 11.8 Å². The van der Waals surface area contributed by atoms with Crippen molar-refractivity contribution in [2.45, 2.75) is 13.3 Å². The molecule has 0 saturated carbocycles. The molecule has 1 heterocycles. The minimum absolute atomic E-state index is 0.000710. The number of rotatable bonds is 6. The molecule has 1 aliphatic heterocycles. The highest BCUT2D eigenvalue weighted by Gasteiger charge is 2.26. The second-order valence-corrected chi connectivity index (χ2v) is 5.34. The second kappa shape index (κ2) is 7.74. The molecular weight excluding hydrogens is 328 g/mol. The Kier molecular flexibility index (Phi) is 5.70. The summed E-state index contributed by atoms with van der Waals surface area (Å²) in [6.45, 7) is 6.05. The highest BCUT2D eigenvalue weighted by molar-refractivity contribution is 7.80. The largest absolute Gasteiger partial charge is 0.493 e. The zero-order chi connectivity index (χ0) is 17.7. The van der Waals surface area contributed by atoms with E-state index in [1.807, 2.05) is 13.0 Å². The molecule has 0 atom stereocenters. The maximum atomic E-state index is 12.0. The lowest BCUT2D eigenvalue weighted by atomic mass is 10.0.